The first kappa shape index (κ1) is 25.4. The van der Waals surface area contributed by atoms with Crippen LogP contribution in [0.4, 0.5) is 0 Å². The van der Waals surface area contributed by atoms with Crippen LogP contribution >= 0.6 is 0 Å². The minimum absolute atomic E-state index is 0.0175. The van der Waals surface area contributed by atoms with Crippen molar-refractivity contribution in [1.82, 2.24) is 0 Å². The SMILES string of the molecule is COc1ccc(C(=O)[C@H](c2coc3cc(O)ccc3c2=O)C(c2ccc(O)cc2)c2ccc(O)cc2)c(O)c1. The lowest BCUT2D eigenvalue weighted by atomic mass is 9.73. The topological polar surface area (TPSA) is 137 Å². The lowest BCUT2D eigenvalue weighted by molar-refractivity contribution is 0.0947. The molecule has 1 atom stereocenters. The molecule has 5 rings (SSSR count). The van der Waals surface area contributed by atoms with Gasteiger partial charge in [-0.25, -0.2) is 0 Å². The Balaban J connectivity index is 1.80. The van der Waals surface area contributed by atoms with Crippen LogP contribution in [0.5, 0.6) is 28.7 Å². The van der Waals surface area contributed by atoms with Crippen LogP contribution in [-0.2, 0) is 0 Å². The van der Waals surface area contributed by atoms with Gasteiger partial charge in [-0.05, 0) is 59.7 Å². The molecule has 4 N–H and O–H groups in total. The maximum absolute atomic E-state index is 14.3. The molecule has 1 heterocycles. The average Bonchev–Trinajstić information content (AvgIpc) is 2.93. The summed E-state index contributed by atoms with van der Waals surface area (Å²) in [7, 11) is 1.43. The number of Topliss-reactive ketones (excluding diaryl/α,β-unsaturated/α-hetero) is 1. The number of phenols is 4. The molecule has 0 fully saturated rings. The van der Waals surface area contributed by atoms with Gasteiger partial charge < -0.3 is 29.6 Å². The number of methoxy groups -OCH3 is 1. The Hall–Kier alpha value is -5.24. The maximum Gasteiger partial charge on any atom is 0.196 e. The first-order valence-corrected chi connectivity index (χ1v) is 12.0. The second kappa shape index (κ2) is 10.3. The molecule has 0 aliphatic carbocycles. The highest BCUT2D eigenvalue weighted by Gasteiger charge is 2.37. The van der Waals surface area contributed by atoms with Crippen LogP contribution in [0.2, 0.25) is 0 Å². The van der Waals surface area contributed by atoms with Crippen molar-refractivity contribution >= 4 is 16.8 Å². The summed E-state index contributed by atoms with van der Waals surface area (Å²) in [5.41, 5.74) is 0.844. The van der Waals surface area contributed by atoms with Crippen molar-refractivity contribution in [1.29, 1.82) is 0 Å². The van der Waals surface area contributed by atoms with Gasteiger partial charge >= 0.3 is 0 Å². The number of carbonyl (C=O) groups is 1. The number of benzene rings is 4. The molecule has 0 spiro atoms. The van der Waals surface area contributed by atoms with E-state index in [2.05, 4.69) is 0 Å². The normalized spacial score (nSPS) is 11.9. The summed E-state index contributed by atoms with van der Waals surface area (Å²) >= 11 is 0. The Bertz CT molecular complexity index is 1670. The van der Waals surface area contributed by atoms with E-state index in [1.54, 1.807) is 24.3 Å². The van der Waals surface area contributed by atoms with Crippen LogP contribution in [-0.4, -0.2) is 33.3 Å². The molecule has 4 aromatic carbocycles. The molecule has 0 saturated heterocycles. The van der Waals surface area contributed by atoms with E-state index in [1.165, 1.54) is 74.0 Å². The molecule has 39 heavy (non-hydrogen) atoms. The number of hydrogen-bond acceptors (Lipinski definition) is 8. The zero-order valence-corrected chi connectivity index (χ0v) is 20.7. The molecule has 8 nitrogen and oxygen atoms in total. The number of fused-ring (bicyclic) bond motifs is 1. The van der Waals surface area contributed by atoms with E-state index >= 15 is 0 Å². The third-order valence-electron chi connectivity index (χ3n) is 6.71. The van der Waals surface area contributed by atoms with Crippen LogP contribution in [0.15, 0.2) is 100 Å². The molecule has 5 aromatic rings. The lowest BCUT2D eigenvalue weighted by Gasteiger charge is -2.27. The van der Waals surface area contributed by atoms with Gasteiger partial charge in [-0.15, -0.1) is 0 Å². The van der Waals surface area contributed by atoms with E-state index in [9.17, 15) is 30.0 Å². The van der Waals surface area contributed by atoms with E-state index < -0.39 is 23.0 Å². The molecular formula is C31H24O8. The number of phenolic OH excluding ortho intramolecular Hbond substituents is 4. The summed E-state index contributed by atoms with van der Waals surface area (Å²) in [6.07, 6.45) is 1.20. The molecule has 0 saturated carbocycles. The van der Waals surface area contributed by atoms with Crippen molar-refractivity contribution in [3.63, 3.8) is 0 Å². The van der Waals surface area contributed by atoms with Gasteiger partial charge in [0.15, 0.2) is 11.2 Å². The fourth-order valence-corrected chi connectivity index (χ4v) is 4.77. The van der Waals surface area contributed by atoms with Gasteiger partial charge in [0.25, 0.3) is 0 Å². The van der Waals surface area contributed by atoms with Crippen molar-refractivity contribution in [3.05, 3.63) is 124 Å². The summed E-state index contributed by atoms with van der Waals surface area (Å²) in [5.74, 6) is -2.58. The van der Waals surface area contributed by atoms with E-state index in [4.69, 9.17) is 9.15 Å². The third-order valence-corrected chi connectivity index (χ3v) is 6.71. The van der Waals surface area contributed by atoms with Crippen LogP contribution in [0.1, 0.15) is 38.9 Å². The molecular weight excluding hydrogens is 500 g/mol. The monoisotopic (exact) mass is 524 g/mol. The Morgan fingerprint density at radius 3 is 1.92 bits per heavy atom. The predicted molar refractivity (Wildman–Crippen MR) is 144 cm³/mol. The maximum atomic E-state index is 14.3. The number of hydrogen-bond donors (Lipinski definition) is 4. The molecule has 8 heteroatoms. The molecule has 0 unspecified atom stereocenters. The molecule has 0 aliphatic rings. The minimum Gasteiger partial charge on any atom is -0.508 e. The fraction of sp³-hybridized carbons (Fsp3) is 0.0968. The van der Waals surface area contributed by atoms with Crippen molar-refractivity contribution < 1.29 is 34.4 Å². The van der Waals surface area contributed by atoms with E-state index in [0.717, 1.165) is 0 Å². The number of rotatable bonds is 7. The number of carbonyl (C=O) groups excluding carboxylic acids is 1. The summed E-state index contributed by atoms with van der Waals surface area (Å²) in [6.45, 7) is 0. The minimum atomic E-state index is -1.20. The van der Waals surface area contributed by atoms with Crippen LogP contribution in [0, 0.1) is 0 Å². The van der Waals surface area contributed by atoms with Gasteiger partial charge in [0.1, 0.15) is 34.3 Å². The van der Waals surface area contributed by atoms with Crippen LogP contribution in [0.3, 0.4) is 0 Å². The van der Waals surface area contributed by atoms with Crippen molar-refractivity contribution in [2.75, 3.05) is 7.11 Å². The van der Waals surface area contributed by atoms with Gasteiger partial charge in [-0.3, -0.25) is 9.59 Å². The standard InChI is InChI=1S/C31H24O8/c1-38-22-11-13-23(26(35)15-22)31(37)29(25-16-39-27-14-21(34)10-12-24(27)30(25)36)28(17-2-6-19(32)7-3-17)18-4-8-20(33)9-5-18/h2-16,28-29,32-35H,1H3/t29-/m1/s1. The molecule has 196 valence electrons. The molecule has 0 amide bonds. The third kappa shape index (κ3) is 4.87. The van der Waals surface area contributed by atoms with Crippen molar-refractivity contribution in [2.24, 2.45) is 0 Å². The Morgan fingerprint density at radius 2 is 1.36 bits per heavy atom. The van der Waals surface area contributed by atoms with E-state index in [1.807, 2.05) is 0 Å². The Kier molecular flexibility index (Phi) is 6.68. The van der Waals surface area contributed by atoms with Gasteiger partial charge in [-0.2, -0.15) is 0 Å². The molecule has 1 aromatic heterocycles. The van der Waals surface area contributed by atoms with E-state index in [-0.39, 0.29) is 45.1 Å². The van der Waals surface area contributed by atoms with Gasteiger partial charge in [0, 0.05) is 23.6 Å². The highest BCUT2D eigenvalue weighted by Crippen LogP contribution is 2.42. The highest BCUT2D eigenvalue weighted by molar-refractivity contribution is 6.04. The number of aromatic hydroxyl groups is 4. The molecule has 0 bridgehead atoms. The highest BCUT2D eigenvalue weighted by atomic mass is 16.5. The first-order chi connectivity index (χ1) is 18.8. The Labute approximate surface area is 222 Å². The summed E-state index contributed by atoms with van der Waals surface area (Å²) in [6, 6.07) is 20.8. The number of ether oxygens (including phenoxy) is 1. The van der Waals surface area contributed by atoms with Gasteiger partial charge in [0.05, 0.1) is 30.2 Å². The zero-order valence-electron chi connectivity index (χ0n) is 20.7. The fourth-order valence-electron chi connectivity index (χ4n) is 4.77. The smallest absolute Gasteiger partial charge is 0.196 e. The quantitative estimate of drug-likeness (QED) is 0.207. The predicted octanol–water partition coefficient (Wildman–Crippen LogP) is 5.42. The van der Waals surface area contributed by atoms with Crippen molar-refractivity contribution in [3.8, 4) is 28.7 Å². The summed E-state index contributed by atoms with van der Waals surface area (Å²) in [5, 5.41) is 40.6. The second-order valence-electron chi connectivity index (χ2n) is 9.09. The first-order valence-electron chi connectivity index (χ1n) is 12.0. The Morgan fingerprint density at radius 1 is 0.769 bits per heavy atom. The van der Waals surface area contributed by atoms with E-state index in [0.29, 0.717) is 16.9 Å². The average molecular weight is 525 g/mol. The summed E-state index contributed by atoms with van der Waals surface area (Å²) in [4.78, 5) is 28.1. The second-order valence-corrected chi connectivity index (χ2v) is 9.09. The van der Waals surface area contributed by atoms with Gasteiger partial charge in [-0.1, -0.05) is 24.3 Å². The largest absolute Gasteiger partial charge is 0.508 e. The van der Waals surface area contributed by atoms with Crippen LogP contribution < -0.4 is 10.2 Å². The molecule has 0 radical (unpaired) electrons. The molecule has 0 aliphatic heterocycles. The summed E-state index contributed by atoms with van der Waals surface area (Å²) < 4.78 is 10.9. The van der Waals surface area contributed by atoms with Gasteiger partial charge in [0.2, 0.25) is 0 Å². The number of ketones is 1. The van der Waals surface area contributed by atoms with Crippen molar-refractivity contribution in [2.45, 2.75) is 11.8 Å². The zero-order chi connectivity index (χ0) is 27.7. The lowest BCUT2D eigenvalue weighted by Crippen LogP contribution is -2.27. The van der Waals surface area contributed by atoms with Crippen LogP contribution in [0.25, 0.3) is 11.0 Å².